The van der Waals surface area contributed by atoms with E-state index in [4.69, 9.17) is 9.15 Å². The number of hydrogen-bond donors (Lipinski definition) is 1. The van der Waals surface area contributed by atoms with Crippen LogP contribution >= 0.6 is 0 Å². The van der Waals surface area contributed by atoms with Crippen LogP contribution in [0, 0.1) is 6.92 Å². The van der Waals surface area contributed by atoms with Crippen molar-refractivity contribution in [1.82, 2.24) is 14.9 Å². The summed E-state index contributed by atoms with van der Waals surface area (Å²) in [7, 11) is 1.75. The molecule has 0 bridgehead atoms. The zero-order valence-corrected chi connectivity index (χ0v) is 15.8. The van der Waals surface area contributed by atoms with Crippen LogP contribution in [-0.4, -0.2) is 27.8 Å². The van der Waals surface area contributed by atoms with Gasteiger partial charge in [0.25, 0.3) is 5.91 Å². The van der Waals surface area contributed by atoms with Gasteiger partial charge in [-0.3, -0.25) is 4.79 Å². The maximum absolute atomic E-state index is 12.7. The molecule has 2 aromatic carbocycles. The van der Waals surface area contributed by atoms with Crippen molar-refractivity contribution in [3.05, 3.63) is 83.7 Å². The number of para-hydroxylation sites is 2. The van der Waals surface area contributed by atoms with Gasteiger partial charge in [0.15, 0.2) is 12.3 Å². The molecule has 0 aliphatic heterocycles. The van der Waals surface area contributed by atoms with Crippen LogP contribution in [0.4, 0.5) is 0 Å². The Balaban J connectivity index is 1.42. The molecule has 6 heteroatoms. The Hall–Kier alpha value is -3.54. The van der Waals surface area contributed by atoms with Gasteiger partial charge in [-0.1, -0.05) is 36.4 Å². The summed E-state index contributed by atoms with van der Waals surface area (Å²) in [5, 5.41) is 1.17. The summed E-state index contributed by atoms with van der Waals surface area (Å²) in [5.41, 5.74) is 3.49. The van der Waals surface area contributed by atoms with Gasteiger partial charge in [0.05, 0.1) is 6.54 Å². The minimum atomic E-state index is -0.201. The van der Waals surface area contributed by atoms with E-state index in [0.29, 0.717) is 12.4 Å². The molecule has 4 aromatic rings. The van der Waals surface area contributed by atoms with Crippen LogP contribution < -0.4 is 4.74 Å². The number of nitrogens with zero attached hydrogens (tertiary/aromatic N) is 2. The van der Waals surface area contributed by atoms with Crippen LogP contribution in [0.3, 0.4) is 0 Å². The fraction of sp³-hybridized carbons (Fsp3) is 0.182. The van der Waals surface area contributed by atoms with E-state index >= 15 is 0 Å². The number of nitrogens with one attached hydrogen (secondary N) is 1. The van der Waals surface area contributed by atoms with Gasteiger partial charge in [-0.05, 0) is 30.7 Å². The number of carbonyl (C=O) groups excluding carboxylic acids is 1. The third-order valence-electron chi connectivity index (χ3n) is 4.69. The van der Waals surface area contributed by atoms with E-state index < -0.39 is 0 Å². The van der Waals surface area contributed by atoms with Crippen molar-refractivity contribution in [2.75, 3.05) is 7.05 Å². The molecule has 1 N–H and O–H groups in total. The highest BCUT2D eigenvalue weighted by Crippen LogP contribution is 2.22. The second-order valence-corrected chi connectivity index (χ2v) is 6.66. The van der Waals surface area contributed by atoms with Gasteiger partial charge in [0.2, 0.25) is 5.89 Å². The highest BCUT2D eigenvalue weighted by Gasteiger charge is 2.19. The molecule has 142 valence electrons. The summed E-state index contributed by atoms with van der Waals surface area (Å²) >= 11 is 0. The molecule has 1 amide bonds. The lowest BCUT2D eigenvalue weighted by molar-refractivity contribution is 0.0777. The minimum absolute atomic E-state index is 0.169. The smallest absolute Gasteiger partial charge is 0.275 e. The molecule has 0 atom stereocenters. The van der Waals surface area contributed by atoms with E-state index in [2.05, 4.69) is 23.0 Å². The molecular formula is C22H21N3O3. The predicted molar refractivity (Wildman–Crippen MR) is 106 cm³/mol. The third-order valence-corrected chi connectivity index (χ3v) is 4.69. The van der Waals surface area contributed by atoms with Gasteiger partial charge < -0.3 is 19.0 Å². The lowest BCUT2D eigenvalue weighted by Gasteiger charge is -2.15. The van der Waals surface area contributed by atoms with Crippen molar-refractivity contribution < 1.29 is 13.9 Å². The van der Waals surface area contributed by atoms with Crippen molar-refractivity contribution in [2.45, 2.75) is 20.1 Å². The standard InChI is InChI=1S/C22H21N3O3/c1-15-17-10-6-7-11-18(17)23-19(15)12-25(2)22(26)20-13-28-21(24-20)14-27-16-8-4-3-5-9-16/h3-11,13,23H,12,14H2,1-2H3. The molecule has 28 heavy (non-hydrogen) atoms. The molecule has 0 saturated heterocycles. The first-order valence-corrected chi connectivity index (χ1v) is 9.05. The van der Waals surface area contributed by atoms with E-state index in [9.17, 15) is 4.79 Å². The Morgan fingerprint density at radius 3 is 2.68 bits per heavy atom. The number of aromatic nitrogens is 2. The number of ether oxygens (including phenoxy) is 1. The Morgan fingerprint density at radius 2 is 1.89 bits per heavy atom. The van der Waals surface area contributed by atoms with Crippen LogP contribution in [0.5, 0.6) is 5.75 Å². The molecular weight excluding hydrogens is 354 g/mol. The van der Waals surface area contributed by atoms with Gasteiger partial charge in [-0.2, -0.15) is 0 Å². The zero-order chi connectivity index (χ0) is 19.5. The fourth-order valence-electron chi connectivity index (χ4n) is 3.14. The van der Waals surface area contributed by atoms with Crippen LogP contribution in [0.1, 0.15) is 27.6 Å². The molecule has 0 aliphatic carbocycles. The number of H-pyrrole nitrogens is 1. The molecule has 0 spiro atoms. The molecule has 2 aromatic heterocycles. The first kappa shape index (κ1) is 17.9. The van der Waals surface area contributed by atoms with Crippen LogP contribution in [0.2, 0.25) is 0 Å². The van der Waals surface area contributed by atoms with Crippen molar-refractivity contribution in [3.63, 3.8) is 0 Å². The lowest BCUT2D eigenvalue weighted by Crippen LogP contribution is -2.27. The predicted octanol–water partition coefficient (Wildman–Crippen LogP) is 4.32. The monoisotopic (exact) mass is 375 g/mol. The number of aryl methyl sites for hydroxylation is 1. The summed E-state index contributed by atoms with van der Waals surface area (Å²) < 4.78 is 11.0. The van der Waals surface area contributed by atoms with Crippen molar-refractivity contribution in [2.24, 2.45) is 0 Å². The molecule has 0 fully saturated rings. The number of fused-ring (bicyclic) bond motifs is 1. The molecule has 4 rings (SSSR count). The molecule has 0 saturated carbocycles. The molecule has 0 unspecified atom stereocenters. The quantitative estimate of drug-likeness (QED) is 0.545. The van der Waals surface area contributed by atoms with Gasteiger partial charge in [0.1, 0.15) is 12.0 Å². The normalized spacial score (nSPS) is 10.9. The largest absolute Gasteiger partial charge is 0.484 e. The lowest BCUT2D eigenvalue weighted by atomic mass is 10.1. The van der Waals surface area contributed by atoms with E-state index in [0.717, 1.165) is 22.5 Å². The summed E-state index contributed by atoms with van der Waals surface area (Å²) in [6.45, 7) is 2.69. The van der Waals surface area contributed by atoms with Crippen molar-refractivity contribution >= 4 is 16.8 Å². The summed E-state index contributed by atoms with van der Waals surface area (Å²) in [5.74, 6) is 0.884. The average molecular weight is 375 g/mol. The summed E-state index contributed by atoms with van der Waals surface area (Å²) in [6, 6.07) is 17.5. The van der Waals surface area contributed by atoms with Crippen molar-refractivity contribution in [3.8, 4) is 5.75 Å². The van der Waals surface area contributed by atoms with Gasteiger partial charge >= 0.3 is 0 Å². The highest BCUT2D eigenvalue weighted by molar-refractivity contribution is 5.92. The average Bonchev–Trinajstić information content (AvgIpc) is 3.32. The SMILES string of the molecule is Cc1c(CN(C)C(=O)c2coc(COc3ccccc3)n2)[nH]c2ccccc12. The number of carbonyl (C=O) groups is 1. The Morgan fingerprint density at radius 1 is 1.14 bits per heavy atom. The van der Waals surface area contributed by atoms with E-state index in [-0.39, 0.29) is 18.2 Å². The van der Waals surface area contributed by atoms with E-state index in [1.165, 1.54) is 11.6 Å². The Bertz CT molecular complexity index is 1100. The third kappa shape index (κ3) is 3.62. The second kappa shape index (κ2) is 7.60. The molecule has 0 radical (unpaired) electrons. The molecule has 0 aliphatic rings. The first-order chi connectivity index (χ1) is 13.6. The molecule has 6 nitrogen and oxygen atoms in total. The number of oxazole rings is 1. The summed E-state index contributed by atoms with van der Waals surface area (Å²) in [6.07, 6.45) is 1.38. The number of amides is 1. The number of aromatic amines is 1. The minimum Gasteiger partial charge on any atom is -0.484 e. The zero-order valence-electron chi connectivity index (χ0n) is 15.8. The molecule has 2 heterocycles. The van der Waals surface area contributed by atoms with Crippen LogP contribution in [0.15, 0.2) is 65.3 Å². The Labute approximate surface area is 162 Å². The van der Waals surface area contributed by atoms with Gasteiger partial charge in [-0.25, -0.2) is 4.98 Å². The van der Waals surface area contributed by atoms with E-state index in [1.54, 1.807) is 11.9 Å². The van der Waals surface area contributed by atoms with Gasteiger partial charge in [-0.15, -0.1) is 0 Å². The van der Waals surface area contributed by atoms with Gasteiger partial charge in [0, 0.05) is 23.6 Å². The highest BCUT2D eigenvalue weighted by atomic mass is 16.5. The topological polar surface area (TPSA) is 71.4 Å². The number of benzene rings is 2. The maximum Gasteiger partial charge on any atom is 0.275 e. The Kier molecular flexibility index (Phi) is 4.85. The fourth-order valence-corrected chi connectivity index (χ4v) is 3.14. The maximum atomic E-state index is 12.7. The van der Waals surface area contributed by atoms with Crippen LogP contribution in [-0.2, 0) is 13.2 Å². The van der Waals surface area contributed by atoms with E-state index in [1.807, 2.05) is 48.5 Å². The van der Waals surface area contributed by atoms with Crippen molar-refractivity contribution in [1.29, 1.82) is 0 Å². The number of rotatable bonds is 6. The summed E-state index contributed by atoms with van der Waals surface area (Å²) in [4.78, 5) is 22.0. The van der Waals surface area contributed by atoms with Crippen LogP contribution in [0.25, 0.3) is 10.9 Å². The second-order valence-electron chi connectivity index (χ2n) is 6.66. The first-order valence-electron chi connectivity index (χ1n) is 9.05. The number of hydrogen-bond acceptors (Lipinski definition) is 4.